The van der Waals surface area contributed by atoms with E-state index in [0.29, 0.717) is 17.1 Å². The Labute approximate surface area is 206 Å². The molecule has 0 aliphatic carbocycles. The fraction of sp³-hybridized carbons (Fsp3) is 0.440. The lowest BCUT2D eigenvalue weighted by Crippen LogP contribution is -2.27. The van der Waals surface area contributed by atoms with Gasteiger partial charge >= 0.3 is 0 Å². The van der Waals surface area contributed by atoms with Crippen molar-refractivity contribution in [2.24, 2.45) is 7.05 Å². The van der Waals surface area contributed by atoms with Gasteiger partial charge in [-0.05, 0) is 55.9 Å². The van der Waals surface area contributed by atoms with Crippen molar-refractivity contribution < 1.29 is 13.2 Å². The summed E-state index contributed by atoms with van der Waals surface area (Å²) in [6, 6.07) is 7.62. The summed E-state index contributed by atoms with van der Waals surface area (Å²) in [5, 5.41) is 5.29. The number of hydrogen-bond acceptors (Lipinski definition) is 5. The van der Waals surface area contributed by atoms with Gasteiger partial charge in [-0.2, -0.15) is 0 Å². The summed E-state index contributed by atoms with van der Waals surface area (Å²) in [4.78, 5) is 17.2. The highest BCUT2D eigenvalue weighted by molar-refractivity contribution is 7.89. The summed E-state index contributed by atoms with van der Waals surface area (Å²) >= 11 is 1.38. The molecule has 1 amide bonds. The average molecular weight is 503 g/mol. The van der Waals surface area contributed by atoms with Crippen LogP contribution in [0.4, 0.5) is 5.13 Å². The Morgan fingerprint density at radius 3 is 2.47 bits per heavy atom. The van der Waals surface area contributed by atoms with Gasteiger partial charge in [-0.15, -0.1) is 11.3 Å². The third kappa shape index (κ3) is 5.95. The van der Waals surface area contributed by atoms with Crippen molar-refractivity contribution >= 4 is 32.4 Å². The van der Waals surface area contributed by atoms with Crippen molar-refractivity contribution in [2.45, 2.75) is 64.7 Å². The minimum absolute atomic E-state index is 0.149. The van der Waals surface area contributed by atoms with Gasteiger partial charge in [0.1, 0.15) is 0 Å². The summed E-state index contributed by atoms with van der Waals surface area (Å²) < 4.78 is 30.4. The molecule has 0 saturated heterocycles. The Balaban J connectivity index is 1.54. The van der Waals surface area contributed by atoms with Crippen LogP contribution in [-0.2, 0) is 27.3 Å². The molecule has 0 aliphatic heterocycles. The Morgan fingerprint density at radius 1 is 1.15 bits per heavy atom. The summed E-state index contributed by atoms with van der Waals surface area (Å²) in [6.07, 6.45) is 0.584. The standard InChI is InChI=1S/C25H34N4O3S2/c1-16-10-11-19(25(4,5)6)14-22(16)34(31,32)26-12-8-9-23(30)28-24-27-21(15-33-24)20-13-17(2)29(7)18(20)3/h10-11,13-15,26H,8-9,12H2,1-7H3,(H,27,28,30). The fourth-order valence-electron chi connectivity index (χ4n) is 3.64. The zero-order valence-electron chi connectivity index (χ0n) is 20.9. The molecule has 7 nitrogen and oxygen atoms in total. The topological polar surface area (TPSA) is 93.1 Å². The van der Waals surface area contributed by atoms with Crippen LogP contribution in [0.2, 0.25) is 0 Å². The molecular weight excluding hydrogens is 468 g/mol. The van der Waals surface area contributed by atoms with Crippen LogP contribution in [0.1, 0.15) is 56.1 Å². The summed E-state index contributed by atoms with van der Waals surface area (Å²) in [5.41, 5.74) is 5.66. The van der Waals surface area contributed by atoms with Crippen LogP contribution in [0.15, 0.2) is 34.5 Å². The first-order valence-electron chi connectivity index (χ1n) is 11.3. The van der Waals surface area contributed by atoms with E-state index in [4.69, 9.17) is 0 Å². The van der Waals surface area contributed by atoms with Gasteiger partial charge in [0.2, 0.25) is 15.9 Å². The lowest BCUT2D eigenvalue weighted by Gasteiger charge is -2.21. The maximum Gasteiger partial charge on any atom is 0.240 e. The number of anilines is 1. The second-order valence-corrected chi connectivity index (χ2v) is 12.3. The van der Waals surface area contributed by atoms with Crippen molar-refractivity contribution in [3.63, 3.8) is 0 Å². The molecule has 0 fully saturated rings. The number of aryl methyl sites for hydroxylation is 2. The predicted octanol–water partition coefficient (Wildman–Crippen LogP) is 5.07. The molecule has 0 atom stereocenters. The van der Waals surface area contributed by atoms with Crippen LogP contribution in [0.25, 0.3) is 11.3 Å². The number of carbonyl (C=O) groups is 1. The Hall–Kier alpha value is -2.49. The summed E-state index contributed by atoms with van der Waals surface area (Å²) in [6.45, 7) is 12.2. The second kappa shape index (κ2) is 10.0. The molecule has 184 valence electrons. The number of thiazole rings is 1. The van der Waals surface area contributed by atoms with E-state index in [9.17, 15) is 13.2 Å². The van der Waals surface area contributed by atoms with Crippen molar-refractivity contribution in [3.05, 3.63) is 52.2 Å². The van der Waals surface area contributed by atoms with Crippen molar-refractivity contribution in [1.82, 2.24) is 14.3 Å². The SMILES string of the molecule is Cc1ccc(C(C)(C)C)cc1S(=O)(=O)NCCCC(=O)Nc1nc(-c2cc(C)n(C)c2C)cs1. The Morgan fingerprint density at radius 2 is 1.85 bits per heavy atom. The number of nitrogens with one attached hydrogen (secondary N) is 2. The zero-order chi connectivity index (χ0) is 25.3. The number of carbonyl (C=O) groups excluding carboxylic acids is 1. The van der Waals surface area contributed by atoms with Crippen LogP contribution >= 0.6 is 11.3 Å². The number of benzene rings is 1. The maximum absolute atomic E-state index is 12.8. The van der Waals surface area contributed by atoms with E-state index >= 15 is 0 Å². The number of hydrogen-bond donors (Lipinski definition) is 2. The third-order valence-electron chi connectivity index (χ3n) is 6.02. The van der Waals surface area contributed by atoms with E-state index in [2.05, 4.69) is 25.7 Å². The molecule has 2 N–H and O–H groups in total. The minimum atomic E-state index is -3.66. The fourth-order valence-corrected chi connectivity index (χ4v) is 5.71. The van der Waals surface area contributed by atoms with Crippen molar-refractivity contribution in [1.29, 1.82) is 0 Å². The quantitative estimate of drug-likeness (QED) is 0.421. The van der Waals surface area contributed by atoms with Crippen LogP contribution in [0.3, 0.4) is 0 Å². The smallest absolute Gasteiger partial charge is 0.240 e. The van der Waals surface area contributed by atoms with Crippen LogP contribution in [0.5, 0.6) is 0 Å². The Kier molecular flexibility index (Phi) is 7.69. The van der Waals surface area contributed by atoms with E-state index in [0.717, 1.165) is 28.2 Å². The number of rotatable bonds is 8. The van der Waals surface area contributed by atoms with Crippen molar-refractivity contribution in [2.75, 3.05) is 11.9 Å². The molecule has 0 aliphatic rings. The molecular formula is C25H34N4O3S2. The van der Waals surface area contributed by atoms with Gasteiger partial charge in [0, 0.05) is 42.3 Å². The van der Waals surface area contributed by atoms with E-state index in [1.165, 1.54) is 11.3 Å². The van der Waals surface area contributed by atoms with Gasteiger partial charge in [-0.1, -0.05) is 32.9 Å². The third-order valence-corrected chi connectivity index (χ3v) is 8.38. The maximum atomic E-state index is 12.8. The summed E-state index contributed by atoms with van der Waals surface area (Å²) in [7, 11) is -1.64. The molecule has 9 heteroatoms. The van der Waals surface area contributed by atoms with Crippen LogP contribution < -0.4 is 10.0 Å². The van der Waals surface area contributed by atoms with E-state index in [1.54, 1.807) is 13.0 Å². The van der Waals surface area contributed by atoms with Crippen molar-refractivity contribution in [3.8, 4) is 11.3 Å². The van der Waals surface area contributed by atoms with Crippen LogP contribution in [-0.4, -0.2) is 30.4 Å². The number of amides is 1. The molecule has 2 heterocycles. The first-order valence-corrected chi connectivity index (χ1v) is 13.7. The highest BCUT2D eigenvalue weighted by Gasteiger charge is 2.21. The number of sulfonamides is 1. The van der Waals surface area contributed by atoms with Crippen LogP contribution in [0, 0.1) is 20.8 Å². The van der Waals surface area contributed by atoms with Gasteiger partial charge in [0.15, 0.2) is 5.13 Å². The van der Waals surface area contributed by atoms with Gasteiger partial charge in [-0.3, -0.25) is 4.79 Å². The molecule has 3 rings (SSSR count). The first-order chi connectivity index (χ1) is 15.8. The molecule has 3 aromatic rings. The molecule has 0 spiro atoms. The first kappa shape index (κ1) is 26.1. The van der Waals surface area contributed by atoms with Gasteiger partial charge < -0.3 is 9.88 Å². The summed E-state index contributed by atoms with van der Waals surface area (Å²) in [5.74, 6) is -0.188. The highest BCUT2D eigenvalue weighted by Crippen LogP contribution is 2.29. The molecule has 1 aromatic carbocycles. The Bertz CT molecular complexity index is 1300. The van der Waals surface area contributed by atoms with E-state index in [1.807, 2.05) is 59.2 Å². The normalized spacial score (nSPS) is 12.2. The second-order valence-electron chi connectivity index (χ2n) is 9.66. The molecule has 0 saturated carbocycles. The zero-order valence-corrected chi connectivity index (χ0v) is 22.6. The predicted molar refractivity (Wildman–Crippen MR) is 139 cm³/mol. The number of aromatic nitrogens is 2. The minimum Gasteiger partial charge on any atom is -0.351 e. The molecule has 34 heavy (non-hydrogen) atoms. The van der Waals surface area contributed by atoms with E-state index < -0.39 is 10.0 Å². The highest BCUT2D eigenvalue weighted by atomic mass is 32.2. The van der Waals surface area contributed by atoms with Gasteiger partial charge in [0.05, 0.1) is 10.6 Å². The van der Waals surface area contributed by atoms with Gasteiger partial charge in [0.25, 0.3) is 0 Å². The monoisotopic (exact) mass is 502 g/mol. The number of nitrogens with zero attached hydrogens (tertiary/aromatic N) is 2. The largest absolute Gasteiger partial charge is 0.351 e. The lowest BCUT2D eigenvalue weighted by molar-refractivity contribution is -0.116. The van der Waals surface area contributed by atoms with E-state index in [-0.39, 0.29) is 29.2 Å². The van der Waals surface area contributed by atoms with Gasteiger partial charge in [-0.25, -0.2) is 18.1 Å². The molecule has 0 radical (unpaired) electrons. The molecule has 0 unspecified atom stereocenters. The average Bonchev–Trinajstić information content (AvgIpc) is 3.30. The lowest BCUT2D eigenvalue weighted by atomic mass is 9.87. The molecule has 2 aromatic heterocycles. The molecule has 0 bridgehead atoms.